The highest BCUT2D eigenvalue weighted by molar-refractivity contribution is 7.89. The Kier molecular flexibility index (Phi) is 7.59. The lowest BCUT2D eigenvalue weighted by molar-refractivity contribution is -0.119. The number of hydrogen-bond donors (Lipinski definition) is 1. The summed E-state index contributed by atoms with van der Waals surface area (Å²) >= 11 is 6.19. The Balaban J connectivity index is 1.76. The molecule has 0 bridgehead atoms. The molecule has 0 unspecified atom stereocenters. The van der Waals surface area contributed by atoms with Gasteiger partial charge in [-0.25, -0.2) is 8.42 Å². The topological polar surface area (TPSA) is 86.8 Å². The van der Waals surface area contributed by atoms with Crippen molar-refractivity contribution in [1.29, 1.82) is 0 Å². The van der Waals surface area contributed by atoms with E-state index in [-0.39, 0.29) is 34.0 Å². The smallest absolute Gasteiger partial charge is 0.253 e. The maximum atomic E-state index is 12.8. The van der Waals surface area contributed by atoms with Crippen LogP contribution in [0.2, 0.25) is 5.02 Å². The van der Waals surface area contributed by atoms with Crippen molar-refractivity contribution in [2.45, 2.75) is 50.6 Å². The number of amides is 2. The number of carbonyl (C=O) groups excluding carboxylic acids is 2. The number of hydrogen-bond acceptors (Lipinski definition) is 4. The molecule has 0 aliphatic carbocycles. The normalized spacial score (nSPS) is 14.8. The quantitative estimate of drug-likeness (QED) is 0.656. The van der Waals surface area contributed by atoms with Crippen LogP contribution >= 0.6 is 11.6 Å². The van der Waals surface area contributed by atoms with Gasteiger partial charge in [-0.3, -0.25) is 9.59 Å². The van der Waals surface area contributed by atoms with Crippen LogP contribution in [0, 0.1) is 0 Å². The van der Waals surface area contributed by atoms with Gasteiger partial charge in [-0.05, 0) is 62.6 Å². The number of halogens is 1. The van der Waals surface area contributed by atoms with E-state index in [4.69, 9.17) is 11.6 Å². The molecule has 0 saturated carbocycles. The molecule has 1 N–H and O–H groups in total. The fraction of sp³-hybridized carbons (Fsp3) is 0.391. The number of rotatable bonds is 7. The summed E-state index contributed by atoms with van der Waals surface area (Å²) in [5, 5.41) is 2.96. The average molecular weight is 478 g/mol. The van der Waals surface area contributed by atoms with E-state index in [0.717, 1.165) is 24.1 Å². The van der Waals surface area contributed by atoms with Gasteiger partial charge in [0.2, 0.25) is 15.9 Å². The third-order valence-electron chi connectivity index (χ3n) is 5.59. The SMILES string of the molecule is CC(C)N(C)S(=O)(=O)c1ccc(Cl)c(C(=O)NCc2cccc(N3CCCCC3=O)c2)c1. The number of benzene rings is 2. The summed E-state index contributed by atoms with van der Waals surface area (Å²) in [5.41, 5.74) is 1.73. The molecule has 1 saturated heterocycles. The molecule has 1 heterocycles. The molecule has 0 spiro atoms. The van der Waals surface area contributed by atoms with Crippen LogP contribution in [0.5, 0.6) is 0 Å². The van der Waals surface area contributed by atoms with Crippen LogP contribution < -0.4 is 10.2 Å². The molecule has 0 atom stereocenters. The largest absolute Gasteiger partial charge is 0.348 e. The third-order valence-corrected chi connectivity index (χ3v) is 7.94. The standard InChI is InChI=1S/C23H28ClN3O4S/c1-16(2)26(3)32(30,31)19-10-11-21(24)20(14-19)23(29)25-15-17-7-6-8-18(13-17)27-12-5-4-9-22(27)28/h6-8,10-11,13-14,16H,4-5,9,12,15H2,1-3H3,(H,25,29). The van der Waals surface area contributed by atoms with Crippen LogP contribution in [0.3, 0.4) is 0 Å². The highest BCUT2D eigenvalue weighted by Gasteiger charge is 2.25. The van der Waals surface area contributed by atoms with E-state index in [9.17, 15) is 18.0 Å². The second-order valence-electron chi connectivity index (χ2n) is 8.11. The van der Waals surface area contributed by atoms with Gasteiger partial charge in [0.1, 0.15) is 0 Å². The number of carbonyl (C=O) groups is 2. The van der Waals surface area contributed by atoms with Crippen molar-refractivity contribution >= 4 is 39.1 Å². The minimum Gasteiger partial charge on any atom is -0.348 e. The minimum absolute atomic E-state index is 0.00820. The van der Waals surface area contributed by atoms with Crippen LogP contribution in [0.15, 0.2) is 47.4 Å². The first-order valence-corrected chi connectivity index (χ1v) is 12.4. The lowest BCUT2D eigenvalue weighted by Gasteiger charge is -2.27. The van der Waals surface area contributed by atoms with Crippen molar-refractivity contribution in [3.63, 3.8) is 0 Å². The van der Waals surface area contributed by atoms with Crippen molar-refractivity contribution in [2.75, 3.05) is 18.5 Å². The fourth-order valence-electron chi connectivity index (χ4n) is 3.47. The Labute approximate surface area is 194 Å². The van der Waals surface area contributed by atoms with E-state index in [2.05, 4.69) is 5.32 Å². The average Bonchev–Trinajstić information content (AvgIpc) is 2.77. The summed E-state index contributed by atoms with van der Waals surface area (Å²) < 4.78 is 26.8. The summed E-state index contributed by atoms with van der Waals surface area (Å²) in [5.74, 6) is -0.368. The molecule has 1 aliphatic rings. The van der Waals surface area contributed by atoms with Crippen molar-refractivity contribution in [2.24, 2.45) is 0 Å². The summed E-state index contributed by atoms with van der Waals surface area (Å²) in [6, 6.07) is 11.3. The molecule has 32 heavy (non-hydrogen) atoms. The molecule has 0 radical (unpaired) electrons. The van der Waals surface area contributed by atoms with E-state index in [0.29, 0.717) is 13.0 Å². The monoisotopic (exact) mass is 477 g/mol. The van der Waals surface area contributed by atoms with Crippen LogP contribution in [0.4, 0.5) is 5.69 Å². The minimum atomic E-state index is -3.74. The Hall–Kier alpha value is -2.42. The summed E-state index contributed by atoms with van der Waals surface area (Å²) in [6.45, 7) is 4.45. The van der Waals surface area contributed by atoms with Gasteiger partial charge in [0.05, 0.1) is 15.5 Å². The number of piperidine rings is 1. The summed E-state index contributed by atoms with van der Waals surface area (Å²) in [4.78, 5) is 26.8. The molecule has 2 amide bonds. The van der Waals surface area contributed by atoms with Crippen LogP contribution in [-0.4, -0.2) is 44.2 Å². The van der Waals surface area contributed by atoms with Crippen molar-refractivity contribution < 1.29 is 18.0 Å². The van der Waals surface area contributed by atoms with Gasteiger partial charge >= 0.3 is 0 Å². The van der Waals surface area contributed by atoms with Crippen LogP contribution in [0.1, 0.15) is 49.0 Å². The zero-order chi connectivity index (χ0) is 23.5. The van der Waals surface area contributed by atoms with Crippen molar-refractivity contribution in [1.82, 2.24) is 9.62 Å². The maximum Gasteiger partial charge on any atom is 0.253 e. The van der Waals surface area contributed by atoms with Crippen molar-refractivity contribution in [3.05, 3.63) is 58.6 Å². The molecule has 1 fully saturated rings. The molecular formula is C23H28ClN3O4S. The number of nitrogens with zero attached hydrogens (tertiary/aromatic N) is 2. The number of nitrogens with one attached hydrogen (secondary N) is 1. The van der Waals surface area contributed by atoms with Gasteiger partial charge in [0.15, 0.2) is 0 Å². The van der Waals surface area contributed by atoms with Gasteiger partial charge in [0.25, 0.3) is 5.91 Å². The maximum absolute atomic E-state index is 12.8. The van der Waals surface area contributed by atoms with Crippen LogP contribution in [-0.2, 0) is 21.4 Å². The predicted octanol–water partition coefficient (Wildman–Crippen LogP) is 3.82. The highest BCUT2D eigenvalue weighted by Crippen LogP contribution is 2.24. The zero-order valence-corrected chi connectivity index (χ0v) is 20.0. The second-order valence-corrected chi connectivity index (χ2v) is 10.5. The van der Waals surface area contributed by atoms with Gasteiger partial charge in [-0.1, -0.05) is 23.7 Å². The Morgan fingerprint density at radius 3 is 2.62 bits per heavy atom. The van der Waals surface area contributed by atoms with Crippen molar-refractivity contribution in [3.8, 4) is 0 Å². The molecule has 172 valence electrons. The number of anilines is 1. The second kappa shape index (κ2) is 10.0. The molecule has 2 aromatic rings. The Morgan fingerprint density at radius 1 is 1.19 bits per heavy atom. The zero-order valence-electron chi connectivity index (χ0n) is 18.5. The van der Waals surface area contributed by atoms with E-state index >= 15 is 0 Å². The van der Waals surface area contributed by atoms with E-state index in [1.54, 1.807) is 18.7 Å². The molecule has 0 aromatic heterocycles. The first-order valence-electron chi connectivity index (χ1n) is 10.6. The summed E-state index contributed by atoms with van der Waals surface area (Å²) in [7, 11) is -2.25. The Morgan fingerprint density at radius 2 is 1.94 bits per heavy atom. The van der Waals surface area contributed by atoms with E-state index in [1.807, 2.05) is 24.3 Å². The predicted molar refractivity (Wildman–Crippen MR) is 125 cm³/mol. The lowest BCUT2D eigenvalue weighted by atomic mass is 10.1. The van der Waals surface area contributed by atoms with Gasteiger partial charge < -0.3 is 10.2 Å². The third kappa shape index (κ3) is 5.31. The number of sulfonamides is 1. The van der Waals surface area contributed by atoms with E-state index < -0.39 is 15.9 Å². The lowest BCUT2D eigenvalue weighted by Crippen LogP contribution is -2.35. The molecule has 9 heteroatoms. The summed E-state index contributed by atoms with van der Waals surface area (Å²) in [6.07, 6.45) is 2.43. The Bertz CT molecular complexity index is 1120. The van der Waals surface area contributed by atoms with Gasteiger partial charge in [0, 0.05) is 38.3 Å². The highest BCUT2D eigenvalue weighted by atomic mass is 35.5. The first kappa shape index (κ1) is 24.2. The van der Waals surface area contributed by atoms with Gasteiger partial charge in [-0.15, -0.1) is 0 Å². The fourth-order valence-corrected chi connectivity index (χ4v) is 5.07. The molecule has 2 aromatic carbocycles. The molecule has 3 rings (SSSR count). The first-order chi connectivity index (χ1) is 15.1. The molecule has 7 nitrogen and oxygen atoms in total. The van der Waals surface area contributed by atoms with Crippen LogP contribution in [0.25, 0.3) is 0 Å². The molecular weight excluding hydrogens is 450 g/mol. The van der Waals surface area contributed by atoms with E-state index in [1.165, 1.54) is 29.6 Å². The molecule has 1 aliphatic heterocycles. The van der Waals surface area contributed by atoms with Gasteiger partial charge in [-0.2, -0.15) is 4.31 Å².